The molecule has 3 amide bonds. The van der Waals surface area contributed by atoms with E-state index in [-0.39, 0.29) is 30.8 Å². The van der Waals surface area contributed by atoms with E-state index in [1.54, 1.807) is 24.3 Å². The highest BCUT2D eigenvalue weighted by atomic mass is 16.2. The number of rotatable bonds is 9. The van der Waals surface area contributed by atoms with Crippen molar-refractivity contribution in [2.45, 2.75) is 58.9 Å². The lowest BCUT2D eigenvalue weighted by atomic mass is 9.94. The number of hydrogen-bond donors (Lipinski definition) is 2. The van der Waals surface area contributed by atoms with Crippen LogP contribution < -0.4 is 10.6 Å². The number of hydrogen-bond acceptors (Lipinski definition) is 4. The normalized spacial score (nSPS) is 14.5. The van der Waals surface area contributed by atoms with Gasteiger partial charge in [-0.1, -0.05) is 26.2 Å². The molecule has 0 atom stereocenters. The van der Waals surface area contributed by atoms with Crippen LogP contribution in [0, 0.1) is 0 Å². The van der Waals surface area contributed by atoms with Gasteiger partial charge in [-0.3, -0.25) is 19.3 Å². The van der Waals surface area contributed by atoms with Crippen LogP contribution in [0.1, 0.15) is 52.9 Å². The molecule has 1 aromatic carbocycles. The molecule has 0 heterocycles. The van der Waals surface area contributed by atoms with Gasteiger partial charge in [0.05, 0.1) is 13.1 Å². The number of nitrogens with one attached hydrogen (secondary N) is 2. The van der Waals surface area contributed by atoms with Crippen LogP contribution in [0.2, 0.25) is 0 Å². The highest BCUT2D eigenvalue weighted by Gasteiger charge is 2.25. The molecular formula is C22H34N4O3. The average Bonchev–Trinajstić information content (AvgIpc) is 2.70. The second kappa shape index (κ2) is 11.6. The maximum absolute atomic E-state index is 12.8. The molecule has 0 spiro atoms. The van der Waals surface area contributed by atoms with Gasteiger partial charge in [-0.2, -0.15) is 0 Å². The summed E-state index contributed by atoms with van der Waals surface area (Å²) < 4.78 is 0. The summed E-state index contributed by atoms with van der Waals surface area (Å²) in [6.45, 7) is 7.20. The minimum Gasteiger partial charge on any atom is -0.339 e. The topological polar surface area (TPSA) is 81.8 Å². The molecule has 0 radical (unpaired) electrons. The Balaban J connectivity index is 1.86. The maximum Gasteiger partial charge on any atom is 0.238 e. The van der Waals surface area contributed by atoms with E-state index in [9.17, 15) is 14.4 Å². The predicted molar refractivity (Wildman–Crippen MR) is 116 cm³/mol. The summed E-state index contributed by atoms with van der Waals surface area (Å²) in [7, 11) is 0. The van der Waals surface area contributed by atoms with Crippen molar-refractivity contribution in [1.29, 1.82) is 0 Å². The van der Waals surface area contributed by atoms with Crippen LogP contribution in [-0.2, 0) is 14.4 Å². The SMILES string of the molecule is CCN(CC(=O)Nc1ccc(NC(C)=O)cc1)CC(=O)N(CC)C1CCCCC1. The van der Waals surface area contributed by atoms with E-state index in [0.29, 0.717) is 30.5 Å². The minimum absolute atomic E-state index is 0.105. The quantitative estimate of drug-likeness (QED) is 0.665. The van der Waals surface area contributed by atoms with Gasteiger partial charge < -0.3 is 15.5 Å². The summed E-state index contributed by atoms with van der Waals surface area (Å²) in [6.07, 6.45) is 5.81. The summed E-state index contributed by atoms with van der Waals surface area (Å²) in [6, 6.07) is 7.30. The molecule has 0 unspecified atom stereocenters. The van der Waals surface area contributed by atoms with Gasteiger partial charge in [0.25, 0.3) is 0 Å². The number of benzene rings is 1. The average molecular weight is 403 g/mol. The van der Waals surface area contributed by atoms with E-state index >= 15 is 0 Å². The molecule has 1 aliphatic rings. The van der Waals surface area contributed by atoms with E-state index < -0.39 is 0 Å². The summed E-state index contributed by atoms with van der Waals surface area (Å²) in [5.74, 6) is -0.194. The molecule has 0 bridgehead atoms. The molecule has 160 valence electrons. The molecule has 1 aromatic rings. The van der Waals surface area contributed by atoms with Gasteiger partial charge in [0.1, 0.15) is 0 Å². The monoisotopic (exact) mass is 402 g/mol. The lowest BCUT2D eigenvalue weighted by Gasteiger charge is -2.35. The predicted octanol–water partition coefficient (Wildman–Crippen LogP) is 3.09. The van der Waals surface area contributed by atoms with Crippen molar-refractivity contribution in [2.75, 3.05) is 36.8 Å². The summed E-state index contributed by atoms with van der Waals surface area (Å²) in [5.41, 5.74) is 1.34. The first-order chi connectivity index (χ1) is 13.9. The largest absolute Gasteiger partial charge is 0.339 e. The van der Waals surface area contributed by atoms with Crippen LogP contribution in [0.5, 0.6) is 0 Å². The number of carbonyl (C=O) groups is 3. The fourth-order valence-corrected chi connectivity index (χ4v) is 3.84. The van der Waals surface area contributed by atoms with Crippen molar-refractivity contribution in [3.8, 4) is 0 Å². The summed E-state index contributed by atoms with van der Waals surface area (Å²) >= 11 is 0. The molecule has 1 fully saturated rings. The maximum atomic E-state index is 12.8. The van der Waals surface area contributed by atoms with Crippen LogP contribution in [-0.4, -0.2) is 59.7 Å². The van der Waals surface area contributed by atoms with Crippen LogP contribution in [0.3, 0.4) is 0 Å². The molecule has 0 saturated heterocycles. The number of carbonyl (C=O) groups excluding carboxylic acids is 3. The molecule has 7 heteroatoms. The van der Waals surface area contributed by atoms with Gasteiger partial charge in [0, 0.05) is 30.9 Å². The van der Waals surface area contributed by atoms with E-state index in [1.165, 1.54) is 26.2 Å². The molecule has 0 aromatic heterocycles. The smallest absolute Gasteiger partial charge is 0.238 e. The van der Waals surface area contributed by atoms with Crippen LogP contribution in [0.25, 0.3) is 0 Å². The third-order valence-electron chi connectivity index (χ3n) is 5.34. The van der Waals surface area contributed by atoms with E-state index in [0.717, 1.165) is 12.8 Å². The van der Waals surface area contributed by atoms with Gasteiger partial charge in [0.15, 0.2) is 0 Å². The standard InChI is InChI=1S/C22H34N4O3/c1-4-25(16-22(29)26(5-2)20-9-7-6-8-10-20)15-21(28)24-19-13-11-18(12-14-19)23-17(3)27/h11-14,20H,4-10,15-16H2,1-3H3,(H,23,27)(H,24,28). The fraction of sp³-hybridized carbons (Fsp3) is 0.591. The van der Waals surface area contributed by atoms with Gasteiger partial charge in [-0.05, 0) is 50.6 Å². The lowest BCUT2D eigenvalue weighted by molar-refractivity contribution is -0.135. The van der Waals surface area contributed by atoms with Crippen LogP contribution in [0.4, 0.5) is 11.4 Å². The molecule has 7 nitrogen and oxygen atoms in total. The first-order valence-electron chi connectivity index (χ1n) is 10.6. The third kappa shape index (κ3) is 7.49. The molecule has 2 N–H and O–H groups in total. The zero-order valence-electron chi connectivity index (χ0n) is 17.9. The molecule has 2 rings (SSSR count). The van der Waals surface area contributed by atoms with Crippen molar-refractivity contribution in [2.24, 2.45) is 0 Å². The van der Waals surface area contributed by atoms with E-state index in [4.69, 9.17) is 0 Å². The Labute approximate surface area is 173 Å². The molecule has 0 aliphatic heterocycles. The fourth-order valence-electron chi connectivity index (χ4n) is 3.84. The highest BCUT2D eigenvalue weighted by molar-refractivity contribution is 5.93. The Hall–Kier alpha value is -2.41. The van der Waals surface area contributed by atoms with Crippen LogP contribution in [0.15, 0.2) is 24.3 Å². The third-order valence-corrected chi connectivity index (χ3v) is 5.34. The number of likely N-dealkylation sites (N-methyl/N-ethyl adjacent to an activating group) is 2. The van der Waals surface area contributed by atoms with Crippen LogP contribution >= 0.6 is 0 Å². The molecule has 1 aliphatic carbocycles. The number of anilines is 2. The Bertz CT molecular complexity index is 684. The molecule has 1 saturated carbocycles. The number of amides is 3. The first-order valence-corrected chi connectivity index (χ1v) is 10.6. The second-order valence-corrected chi connectivity index (χ2v) is 7.58. The Morgan fingerprint density at radius 2 is 1.48 bits per heavy atom. The van der Waals surface area contributed by atoms with Crippen molar-refractivity contribution in [1.82, 2.24) is 9.80 Å². The zero-order valence-corrected chi connectivity index (χ0v) is 17.9. The van der Waals surface area contributed by atoms with Gasteiger partial charge in [0.2, 0.25) is 17.7 Å². The first kappa shape index (κ1) is 22.9. The highest BCUT2D eigenvalue weighted by Crippen LogP contribution is 2.22. The van der Waals surface area contributed by atoms with Gasteiger partial charge in [-0.15, -0.1) is 0 Å². The molecule has 29 heavy (non-hydrogen) atoms. The Morgan fingerprint density at radius 3 is 2.00 bits per heavy atom. The lowest BCUT2D eigenvalue weighted by Crippen LogP contribution is -2.47. The van der Waals surface area contributed by atoms with Gasteiger partial charge >= 0.3 is 0 Å². The summed E-state index contributed by atoms with van der Waals surface area (Å²) in [5, 5.41) is 5.54. The minimum atomic E-state index is -0.160. The van der Waals surface area contributed by atoms with E-state index in [2.05, 4.69) is 10.6 Å². The second-order valence-electron chi connectivity index (χ2n) is 7.58. The van der Waals surface area contributed by atoms with Crippen molar-refractivity contribution in [3.05, 3.63) is 24.3 Å². The Morgan fingerprint density at radius 1 is 0.897 bits per heavy atom. The zero-order chi connectivity index (χ0) is 21.2. The number of nitrogens with zero attached hydrogens (tertiary/aromatic N) is 2. The Kier molecular flexibility index (Phi) is 9.12. The van der Waals surface area contributed by atoms with Crippen molar-refractivity contribution in [3.63, 3.8) is 0 Å². The van der Waals surface area contributed by atoms with E-state index in [1.807, 2.05) is 23.6 Å². The molecular weight excluding hydrogens is 368 g/mol. The van der Waals surface area contributed by atoms with Crippen molar-refractivity contribution < 1.29 is 14.4 Å². The summed E-state index contributed by atoms with van der Waals surface area (Å²) in [4.78, 5) is 40.2. The van der Waals surface area contributed by atoms with Crippen molar-refractivity contribution >= 4 is 29.1 Å². The van der Waals surface area contributed by atoms with Gasteiger partial charge in [-0.25, -0.2) is 0 Å².